The Balaban J connectivity index is 1.18. The van der Waals surface area contributed by atoms with E-state index in [0.717, 1.165) is 16.9 Å². The van der Waals surface area contributed by atoms with Crippen molar-refractivity contribution in [2.45, 2.75) is 32.1 Å². The van der Waals surface area contributed by atoms with Crippen molar-refractivity contribution in [2.24, 2.45) is 5.92 Å². The fraction of sp³-hybridized carbons (Fsp3) is 0.320. The van der Waals surface area contributed by atoms with Gasteiger partial charge in [-0.05, 0) is 42.7 Å². The molecule has 1 fully saturated rings. The highest BCUT2D eigenvalue weighted by molar-refractivity contribution is 6.30. The number of halogens is 1. The molecule has 3 aromatic rings. The first-order valence-electron chi connectivity index (χ1n) is 11.1. The predicted molar refractivity (Wildman–Crippen MR) is 125 cm³/mol. The molecule has 1 N–H and O–H groups in total. The van der Waals surface area contributed by atoms with Crippen LogP contribution in [-0.2, 0) is 22.7 Å². The van der Waals surface area contributed by atoms with Gasteiger partial charge in [0.1, 0.15) is 6.10 Å². The summed E-state index contributed by atoms with van der Waals surface area (Å²) < 4.78 is 8.06. The summed E-state index contributed by atoms with van der Waals surface area (Å²) in [6, 6.07) is 17.1. The summed E-state index contributed by atoms with van der Waals surface area (Å²) in [5, 5.41) is 3.56. The fourth-order valence-electron chi connectivity index (χ4n) is 4.45. The lowest BCUT2D eigenvalue weighted by molar-refractivity contribution is -0.121. The lowest BCUT2D eigenvalue weighted by Gasteiger charge is -2.31. The molecule has 0 unspecified atom stereocenters. The van der Waals surface area contributed by atoms with Crippen LogP contribution in [0.3, 0.4) is 0 Å². The van der Waals surface area contributed by atoms with Crippen LogP contribution in [0.1, 0.15) is 40.7 Å². The van der Waals surface area contributed by atoms with E-state index in [2.05, 4.69) is 10.3 Å². The first-order chi connectivity index (χ1) is 16.1. The second-order valence-corrected chi connectivity index (χ2v) is 8.90. The van der Waals surface area contributed by atoms with Gasteiger partial charge >= 0.3 is 0 Å². The van der Waals surface area contributed by atoms with Crippen LogP contribution in [0.4, 0.5) is 5.69 Å². The van der Waals surface area contributed by atoms with Crippen LogP contribution >= 0.6 is 11.6 Å². The second kappa shape index (κ2) is 9.37. The molecule has 3 heterocycles. The van der Waals surface area contributed by atoms with E-state index in [1.807, 2.05) is 34.9 Å². The number of carbonyl (C=O) groups is 2. The van der Waals surface area contributed by atoms with E-state index in [-0.39, 0.29) is 23.8 Å². The molecular formula is C25H25ClN4O3. The van der Waals surface area contributed by atoms with Crippen LogP contribution in [-0.4, -0.2) is 39.4 Å². The number of likely N-dealkylation sites (tertiary alicyclic amines) is 1. The molecule has 1 atom stereocenters. The number of amides is 2. The molecule has 170 valence electrons. The number of nitrogens with one attached hydrogen (secondary N) is 1. The molecule has 0 spiro atoms. The molecule has 2 aliphatic rings. The molecule has 0 bridgehead atoms. The summed E-state index contributed by atoms with van der Waals surface area (Å²) in [4.78, 5) is 32.0. The van der Waals surface area contributed by atoms with E-state index in [1.165, 1.54) is 0 Å². The number of carbonyl (C=O) groups excluding carboxylic acids is 2. The summed E-state index contributed by atoms with van der Waals surface area (Å²) in [5.74, 6) is -0.248. The average molecular weight is 465 g/mol. The Morgan fingerprint density at radius 2 is 1.76 bits per heavy atom. The molecular weight excluding hydrogens is 440 g/mol. The van der Waals surface area contributed by atoms with E-state index in [4.69, 9.17) is 16.3 Å². The zero-order valence-corrected chi connectivity index (χ0v) is 18.9. The van der Waals surface area contributed by atoms with Crippen molar-refractivity contribution in [3.63, 3.8) is 0 Å². The summed E-state index contributed by atoms with van der Waals surface area (Å²) in [5.41, 5.74) is 3.10. The number of nitrogens with zero attached hydrogens (tertiary/aromatic N) is 3. The van der Waals surface area contributed by atoms with E-state index in [1.54, 1.807) is 35.5 Å². The van der Waals surface area contributed by atoms with Crippen molar-refractivity contribution in [2.75, 3.05) is 18.4 Å². The number of piperidine rings is 1. The standard InChI is InChI=1S/C25H25ClN4O3/c26-19-6-8-20(9-7-19)28-24(31)18-10-12-29(13-11-18)25(32)23-21-15-33-22(14-30(21)16-27-23)17-4-2-1-3-5-17/h1-9,16,18,22H,10-15H2,(H,28,31)/t22-/m0/s1. The van der Waals surface area contributed by atoms with Gasteiger partial charge in [0.2, 0.25) is 5.91 Å². The minimum atomic E-state index is -0.129. The lowest BCUT2D eigenvalue weighted by atomic mass is 9.95. The van der Waals surface area contributed by atoms with E-state index < -0.39 is 0 Å². The van der Waals surface area contributed by atoms with Crippen molar-refractivity contribution < 1.29 is 14.3 Å². The number of aromatic nitrogens is 2. The molecule has 33 heavy (non-hydrogen) atoms. The number of ether oxygens (including phenoxy) is 1. The highest BCUT2D eigenvalue weighted by Gasteiger charge is 2.32. The Kier molecular flexibility index (Phi) is 6.15. The Bertz CT molecular complexity index is 1140. The minimum absolute atomic E-state index is 0.0239. The van der Waals surface area contributed by atoms with Crippen LogP contribution in [0.25, 0.3) is 0 Å². The van der Waals surface area contributed by atoms with Gasteiger partial charge in [-0.25, -0.2) is 4.98 Å². The van der Waals surface area contributed by atoms with Crippen molar-refractivity contribution in [1.29, 1.82) is 0 Å². The zero-order valence-electron chi connectivity index (χ0n) is 18.1. The van der Waals surface area contributed by atoms with E-state index in [0.29, 0.717) is 49.8 Å². The number of benzene rings is 2. The Morgan fingerprint density at radius 3 is 2.48 bits per heavy atom. The maximum Gasteiger partial charge on any atom is 0.274 e. The van der Waals surface area contributed by atoms with E-state index in [9.17, 15) is 9.59 Å². The van der Waals surface area contributed by atoms with Crippen molar-refractivity contribution in [3.8, 4) is 0 Å². The third-order valence-corrected chi connectivity index (χ3v) is 6.62. The number of fused-ring (bicyclic) bond motifs is 1. The summed E-state index contributed by atoms with van der Waals surface area (Å²) in [6.07, 6.45) is 2.92. The Morgan fingerprint density at radius 1 is 1.03 bits per heavy atom. The Hall–Kier alpha value is -3.16. The second-order valence-electron chi connectivity index (χ2n) is 8.47. The molecule has 0 radical (unpaired) electrons. The molecule has 1 saturated heterocycles. The van der Waals surface area contributed by atoms with Crippen LogP contribution < -0.4 is 5.32 Å². The zero-order chi connectivity index (χ0) is 22.8. The number of rotatable bonds is 4. The number of hydrogen-bond donors (Lipinski definition) is 1. The van der Waals surface area contributed by atoms with Crippen LogP contribution in [0.15, 0.2) is 60.9 Å². The van der Waals surface area contributed by atoms with Gasteiger partial charge in [0, 0.05) is 29.7 Å². The first kappa shape index (κ1) is 21.7. The maximum atomic E-state index is 13.2. The first-order valence-corrected chi connectivity index (χ1v) is 11.5. The van der Waals surface area contributed by atoms with E-state index >= 15 is 0 Å². The van der Waals surface area contributed by atoms with Gasteiger partial charge in [0.15, 0.2) is 5.69 Å². The molecule has 0 saturated carbocycles. The van der Waals surface area contributed by atoms with Gasteiger partial charge in [-0.2, -0.15) is 0 Å². The monoisotopic (exact) mass is 464 g/mol. The van der Waals surface area contributed by atoms with Gasteiger partial charge in [-0.1, -0.05) is 41.9 Å². The van der Waals surface area contributed by atoms with Gasteiger partial charge in [-0.15, -0.1) is 0 Å². The summed E-state index contributed by atoms with van der Waals surface area (Å²) >= 11 is 5.90. The minimum Gasteiger partial charge on any atom is -0.365 e. The highest BCUT2D eigenvalue weighted by atomic mass is 35.5. The number of imidazole rings is 1. The largest absolute Gasteiger partial charge is 0.365 e. The van der Waals surface area contributed by atoms with Gasteiger partial charge in [0.25, 0.3) is 5.91 Å². The van der Waals surface area contributed by atoms with Crippen LogP contribution in [0.2, 0.25) is 5.02 Å². The summed E-state index contributed by atoms with van der Waals surface area (Å²) in [7, 11) is 0. The van der Waals surface area contributed by atoms with Crippen LogP contribution in [0, 0.1) is 5.92 Å². The van der Waals surface area contributed by atoms with Gasteiger partial charge in [0.05, 0.1) is 25.2 Å². The van der Waals surface area contributed by atoms with Crippen molar-refractivity contribution in [1.82, 2.24) is 14.5 Å². The molecule has 5 rings (SSSR count). The third kappa shape index (κ3) is 4.65. The normalized spacial score (nSPS) is 18.6. The number of hydrogen-bond acceptors (Lipinski definition) is 4. The molecule has 0 aliphatic carbocycles. The molecule has 2 aromatic carbocycles. The Labute approximate surface area is 197 Å². The number of anilines is 1. The van der Waals surface area contributed by atoms with Gasteiger partial charge < -0.3 is 19.5 Å². The fourth-order valence-corrected chi connectivity index (χ4v) is 4.57. The smallest absolute Gasteiger partial charge is 0.274 e. The van der Waals surface area contributed by atoms with Gasteiger partial charge in [-0.3, -0.25) is 9.59 Å². The summed E-state index contributed by atoms with van der Waals surface area (Å²) in [6.45, 7) is 2.03. The van der Waals surface area contributed by atoms with Crippen molar-refractivity contribution >= 4 is 29.1 Å². The van der Waals surface area contributed by atoms with Crippen molar-refractivity contribution in [3.05, 3.63) is 82.9 Å². The molecule has 7 nitrogen and oxygen atoms in total. The SMILES string of the molecule is O=C(Nc1ccc(Cl)cc1)C1CCN(C(=O)c2ncn3c2CO[C@H](c2ccccc2)C3)CC1. The average Bonchev–Trinajstić information content (AvgIpc) is 3.29. The molecule has 2 amide bonds. The quantitative estimate of drug-likeness (QED) is 0.624. The molecule has 2 aliphatic heterocycles. The topological polar surface area (TPSA) is 76.5 Å². The highest BCUT2D eigenvalue weighted by Crippen LogP contribution is 2.29. The third-order valence-electron chi connectivity index (χ3n) is 6.37. The maximum absolute atomic E-state index is 13.2. The van der Waals surface area contributed by atoms with Crippen LogP contribution in [0.5, 0.6) is 0 Å². The predicted octanol–water partition coefficient (Wildman–Crippen LogP) is 4.30. The molecule has 8 heteroatoms. The molecule has 1 aromatic heterocycles. The lowest BCUT2D eigenvalue weighted by Crippen LogP contribution is -2.42.